The summed E-state index contributed by atoms with van der Waals surface area (Å²) in [6, 6.07) is 13.4. The van der Waals surface area contributed by atoms with Gasteiger partial charge in [-0.25, -0.2) is 0 Å². The van der Waals surface area contributed by atoms with E-state index in [4.69, 9.17) is 9.84 Å². The molecule has 2 aromatic rings. The van der Waals surface area contributed by atoms with E-state index < -0.39 is 12.0 Å². The zero-order valence-corrected chi connectivity index (χ0v) is 10.8. The van der Waals surface area contributed by atoms with Crippen molar-refractivity contribution in [2.75, 3.05) is 13.7 Å². The van der Waals surface area contributed by atoms with Crippen molar-refractivity contribution in [3.8, 4) is 0 Å². The third kappa shape index (κ3) is 3.30. The highest BCUT2D eigenvalue weighted by molar-refractivity contribution is 5.85. The lowest BCUT2D eigenvalue weighted by Gasteiger charge is -2.14. The average molecular weight is 259 g/mol. The van der Waals surface area contributed by atoms with Gasteiger partial charge in [0.2, 0.25) is 0 Å². The smallest absolute Gasteiger partial charge is 0.323 e. The lowest BCUT2D eigenvalue weighted by atomic mass is 10.0. The summed E-state index contributed by atoms with van der Waals surface area (Å²) in [5, 5.41) is 14.3. The Balaban J connectivity index is 2.15. The lowest BCUT2D eigenvalue weighted by molar-refractivity contribution is -0.140. The Kier molecular flexibility index (Phi) is 4.49. The van der Waals surface area contributed by atoms with Crippen LogP contribution >= 0.6 is 0 Å². The quantitative estimate of drug-likeness (QED) is 0.833. The van der Waals surface area contributed by atoms with Gasteiger partial charge in [0.05, 0.1) is 6.61 Å². The average Bonchev–Trinajstić information content (AvgIpc) is 2.43. The first-order valence-corrected chi connectivity index (χ1v) is 6.14. The van der Waals surface area contributed by atoms with E-state index in [1.807, 2.05) is 42.5 Å². The zero-order chi connectivity index (χ0) is 13.7. The molecule has 0 saturated carbocycles. The van der Waals surface area contributed by atoms with Crippen molar-refractivity contribution >= 4 is 16.7 Å². The molecule has 1 unspecified atom stereocenters. The van der Waals surface area contributed by atoms with Crippen LogP contribution in [0.4, 0.5) is 0 Å². The number of methoxy groups -OCH3 is 1. The second-order valence-electron chi connectivity index (χ2n) is 4.37. The number of rotatable bonds is 6. The van der Waals surface area contributed by atoms with E-state index >= 15 is 0 Å². The highest BCUT2D eigenvalue weighted by atomic mass is 16.5. The number of fused-ring (bicyclic) bond motifs is 1. The molecule has 0 fully saturated rings. The lowest BCUT2D eigenvalue weighted by Crippen LogP contribution is -2.39. The minimum atomic E-state index is -0.901. The topological polar surface area (TPSA) is 58.6 Å². The van der Waals surface area contributed by atoms with Gasteiger partial charge in [0.25, 0.3) is 0 Å². The van der Waals surface area contributed by atoms with Crippen LogP contribution in [0.15, 0.2) is 42.5 Å². The van der Waals surface area contributed by atoms with Gasteiger partial charge in [0.1, 0.15) is 6.04 Å². The SMILES string of the molecule is COCC(NCc1cccc2ccccc12)C(=O)O. The molecule has 0 amide bonds. The van der Waals surface area contributed by atoms with Crippen LogP contribution in [0.25, 0.3) is 10.8 Å². The molecule has 0 aliphatic rings. The van der Waals surface area contributed by atoms with Gasteiger partial charge in [-0.3, -0.25) is 10.1 Å². The Hall–Kier alpha value is -1.91. The van der Waals surface area contributed by atoms with E-state index in [-0.39, 0.29) is 6.61 Å². The molecule has 0 bridgehead atoms. The Bertz CT molecular complexity index is 563. The number of nitrogens with one attached hydrogen (secondary N) is 1. The van der Waals surface area contributed by atoms with E-state index in [0.717, 1.165) is 16.3 Å². The van der Waals surface area contributed by atoms with Crippen molar-refractivity contribution in [3.63, 3.8) is 0 Å². The van der Waals surface area contributed by atoms with Gasteiger partial charge in [0, 0.05) is 13.7 Å². The maximum absolute atomic E-state index is 11.0. The maximum atomic E-state index is 11.0. The largest absolute Gasteiger partial charge is 0.480 e. The molecule has 2 rings (SSSR count). The third-order valence-corrected chi connectivity index (χ3v) is 3.05. The Morgan fingerprint density at radius 1 is 1.26 bits per heavy atom. The molecule has 0 aromatic heterocycles. The zero-order valence-electron chi connectivity index (χ0n) is 10.8. The van der Waals surface area contributed by atoms with Crippen LogP contribution in [0, 0.1) is 0 Å². The second-order valence-corrected chi connectivity index (χ2v) is 4.37. The molecule has 4 nitrogen and oxygen atoms in total. The number of carbonyl (C=O) groups is 1. The molecule has 2 aromatic carbocycles. The fourth-order valence-electron chi connectivity index (χ4n) is 2.06. The fraction of sp³-hybridized carbons (Fsp3) is 0.267. The minimum absolute atomic E-state index is 0.153. The summed E-state index contributed by atoms with van der Waals surface area (Å²) in [4.78, 5) is 11.0. The Morgan fingerprint density at radius 2 is 2.00 bits per heavy atom. The van der Waals surface area contributed by atoms with Gasteiger partial charge in [0.15, 0.2) is 0 Å². The van der Waals surface area contributed by atoms with E-state index in [0.29, 0.717) is 6.54 Å². The van der Waals surface area contributed by atoms with Crippen molar-refractivity contribution in [1.82, 2.24) is 5.32 Å². The Labute approximate surface area is 112 Å². The molecule has 0 heterocycles. The monoisotopic (exact) mass is 259 g/mol. The maximum Gasteiger partial charge on any atom is 0.323 e. The number of aliphatic carboxylic acids is 1. The van der Waals surface area contributed by atoms with Crippen molar-refractivity contribution in [2.24, 2.45) is 0 Å². The van der Waals surface area contributed by atoms with Crippen molar-refractivity contribution in [3.05, 3.63) is 48.0 Å². The highest BCUT2D eigenvalue weighted by Gasteiger charge is 2.16. The van der Waals surface area contributed by atoms with Crippen LogP contribution < -0.4 is 5.32 Å². The predicted octanol–water partition coefficient (Wildman–Crippen LogP) is 2.03. The first-order valence-electron chi connectivity index (χ1n) is 6.14. The van der Waals surface area contributed by atoms with Crippen LogP contribution in [-0.2, 0) is 16.1 Å². The van der Waals surface area contributed by atoms with Crippen molar-refractivity contribution < 1.29 is 14.6 Å². The highest BCUT2D eigenvalue weighted by Crippen LogP contribution is 2.18. The summed E-state index contributed by atoms with van der Waals surface area (Å²) in [6.07, 6.45) is 0. The molecule has 4 heteroatoms. The van der Waals surface area contributed by atoms with E-state index in [1.54, 1.807) is 0 Å². The third-order valence-electron chi connectivity index (χ3n) is 3.05. The molecular weight excluding hydrogens is 242 g/mol. The first-order chi connectivity index (χ1) is 9.22. The molecule has 19 heavy (non-hydrogen) atoms. The first kappa shape index (κ1) is 13.5. The molecule has 0 radical (unpaired) electrons. The number of carboxylic acid groups (broad SMARTS) is 1. The van der Waals surface area contributed by atoms with E-state index in [2.05, 4.69) is 5.32 Å². The number of benzene rings is 2. The van der Waals surface area contributed by atoms with Crippen LogP contribution in [0.2, 0.25) is 0 Å². The summed E-state index contributed by atoms with van der Waals surface area (Å²) in [5.41, 5.74) is 1.08. The van der Waals surface area contributed by atoms with Gasteiger partial charge in [-0.15, -0.1) is 0 Å². The summed E-state index contributed by atoms with van der Waals surface area (Å²) < 4.78 is 4.90. The van der Waals surface area contributed by atoms with Crippen LogP contribution in [0.1, 0.15) is 5.56 Å². The standard InChI is InChI=1S/C15H17NO3/c1-19-10-14(15(17)18)16-9-12-7-4-6-11-5-2-3-8-13(11)12/h2-8,14,16H,9-10H2,1H3,(H,17,18). The summed E-state index contributed by atoms with van der Waals surface area (Å²) in [6.45, 7) is 0.655. The molecule has 0 spiro atoms. The van der Waals surface area contributed by atoms with Gasteiger partial charge in [-0.1, -0.05) is 42.5 Å². The van der Waals surface area contributed by atoms with Crippen LogP contribution in [-0.4, -0.2) is 30.8 Å². The molecule has 1 atom stereocenters. The normalized spacial score (nSPS) is 12.5. The van der Waals surface area contributed by atoms with Gasteiger partial charge >= 0.3 is 5.97 Å². The summed E-state index contributed by atoms with van der Waals surface area (Å²) in [5.74, 6) is -0.901. The van der Waals surface area contributed by atoms with Crippen molar-refractivity contribution in [1.29, 1.82) is 0 Å². The molecule has 0 saturated heterocycles. The fourth-order valence-corrected chi connectivity index (χ4v) is 2.06. The number of hydrogen-bond donors (Lipinski definition) is 2. The summed E-state index contributed by atoms with van der Waals surface area (Å²) in [7, 11) is 1.50. The minimum Gasteiger partial charge on any atom is -0.480 e. The van der Waals surface area contributed by atoms with E-state index in [1.165, 1.54) is 7.11 Å². The van der Waals surface area contributed by atoms with Crippen LogP contribution in [0.5, 0.6) is 0 Å². The number of carboxylic acids is 1. The van der Waals surface area contributed by atoms with Crippen LogP contribution in [0.3, 0.4) is 0 Å². The van der Waals surface area contributed by atoms with Gasteiger partial charge < -0.3 is 9.84 Å². The molecule has 0 aliphatic carbocycles. The van der Waals surface area contributed by atoms with E-state index in [9.17, 15) is 4.79 Å². The van der Waals surface area contributed by atoms with Gasteiger partial charge in [-0.2, -0.15) is 0 Å². The van der Waals surface area contributed by atoms with Gasteiger partial charge in [-0.05, 0) is 16.3 Å². The molecule has 2 N–H and O–H groups in total. The number of hydrogen-bond acceptors (Lipinski definition) is 3. The number of ether oxygens (including phenoxy) is 1. The molecule has 100 valence electrons. The van der Waals surface area contributed by atoms with Crippen molar-refractivity contribution in [2.45, 2.75) is 12.6 Å². The molecular formula is C15H17NO3. The second kappa shape index (κ2) is 6.31. The molecule has 0 aliphatic heterocycles. The predicted molar refractivity (Wildman–Crippen MR) is 74.1 cm³/mol. The Morgan fingerprint density at radius 3 is 2.74 bits per heavy atom. The summed E-state index contributed by atoms with van der Waals surface area (Å²) >= 11 is 0.